The monoisotopic (exact) mass is 284 g/mol. The van der Waals surface area contributed by atoms with Crippen LogP contribution < -0.4 is 4.74 Å². The molecule has 0 saturated heterocycles. The number of hydrogen-bond acceptors (Lipinski definition) is 5. The Kier molecular flexibility index (Phi) is 6.81. The van der Waals surface area contributed by atoms with Crippen LogP contribution in [0.3, 0.4) is 0 Å². The van der Waals surface area contributed by atoms with Crippen molar-refractivity contribution in [3.8, 4) is 5.75 Å². The maximum absolute atomic E-state index is 11.0. The summed E-state index contributed by atoms with van der Waals surface area (Å²) in [7, 11) is 0. The summed E-state index contributed by atoms with van der Waals surface area (Å²) in [6, 6.07) is 6.30. The predicted octanol–water partition coefficient (Wildman–Crippen LogP) is 2.06. The Balaban J connectivity index is 2.24. The Labute approximate surface area is 115 Å². The van der Waals surface area contributed by atoms with Crippen LogP contribution in [0.2, 0.25) is 0 Å². The van der Waals surface area contributed by atoms with E-state index in [2.05, 4.69) is 0 Å². The van der Waals surface area contributed by atoms with Crippen LogP contribution in [0.1, 0.15) is 17.3 Å². The number of aromatic carboxylic acids is 1. The molecule has 0 aliphatic heterocycles. The minimum Gasteiger partial charge on any atom is -0.493 e. The summed E-state index contributed by atoms with van der Waals surface area (Å²) in [5.41, 5.74) is 0.191. The van der Waals surface area contributed by atoms with E-state index in [1.165, 1.54) is 23.9 Å². The van der Waals surface area contributed by atoms with Crippen LogP contribution in [0.25, 0.3) is 0 Å². The average Bonchev–Trinajstić information content (AvgIpc) is 2.39. The van der Waals surface area contributed by atoms with Gasteiger partial charge in [-0.1, -0.05) is 6.07 Å². The molecule has 0 atom stereocenters. The smallest absolute Gasteiger partial charge is 0.335 e. The molecule has 0 amide bonds. The summed E-state index contributed by atoms with van der Waals surface area (Å²) in [4.78, 5) is 21.8. The summed E-state index contributed by atoms with van der Waals surface area (Å²) in [5.74, 6) is 0.224. The highest BCUT2D eigenvalue weighted by Crippen LogP contribution is 2.13. The van der Waals surface area contributed by atoms with Crippen molar-refractivity contribution in [3.63, 3.8) is 0 Å². The van der Waals surface area contributed by atoms with Crippen molar-refractivity contribution in [1.82, 2.24) is 0 Å². The standard InChI is InChI=1S/C13H16O5S/c1-2-17-12(14)9-19-7-6-18-11-5-3-4-10(8-11)13(15)16/h3-5,8H,2,6-7,9H2,1H3,(H,15,16). The van der Waals surface area contributed by atoms with Crippen LogP contribution in [0.4, 0.5) is 0 Å². The fraction of sp³-hybridized carbons (Fsp3) is 0.385. The van der Waals surface area contributed by atoms with Gasteiger partial charge in [-0.15, -0.1) is 11.8 Å². The summed E-state index contributed by atoms with van der Waals surface area (Å²) in [6.45, 7) is 2.56. The molecule has 0 heterocycles. The van der Waals surface area contributed by atoms with Crippen molar-refractivity contribution in [1.29, 1.82) is 0 Å². The zero-order valence-electron chi connectivity index (χ0n) is 10.6. The lowest BCUT2D eigenvalue weighted by atomic mass is 10.2. The van der Waals surface area contributed by atoms with E-state index in [9.17, 15) is 9.59 Å². The van der Waals surface area contributed by atoms with E-state index in [-0.39, 0.29) is 11.5 Å². The summed E-state index contributed by atoms with van der Waals surface area (Å²) >= 11 is 1.42. The van der Waals surface area contributed by atoms with Gasteiger partial charge >= 0.3 is 11.9 Å². The van der Waals surface area contributed by atoms with Crippen LogP contribution in [-0.4, -0.2) is 41.8 Å². The Morgan fingerprint density at radius 2 is 2.16 bits per heavy atom. The zero-order chi connectivity index (χ0) is 14.1. The number of esters is 1. The van der Waals surface area contributed by atoms with Gasteiger partial charge in [-0.2, -0.15) is 0 Å². The number of carboxylic acids is 1. The molecule has 0 unspecified atom stereocenters. The van der Waals surface area contributed by atoms with Gasteiger partial charge in [-0.05, 0) is 25.1 Å². The summed E-state index contributed by atoms with van der Waals surface area (Å²) in [5, 5.41) is 8.82. The Morgan fingerprint density at radius 3 is 2.84 bits per heavy atom. The maximum atomic E-state index is 11.0. The molecule has 1 rings (SSSR count). The number of carboxylic acid groups (broad SMARTS) is 1. The largest absolute Gasteiger partial charge is 0.493 e. The summed E-state index contributed by atoms with van der Waals surface area (Å²) in [6.07, 6.45) is 0. The minimum atomic E-state index is -0.984. The highest BCUT2D eigenvalue weighted by atomic mass is 32.2. The second-order valence-electron chi connectivity index (χ2n) is 3.54. The van der Waals surface area contributed by atoms with Crippen molar-refractivity contribution in [2.75, 3.05) is 24.7 Å². The molecular formula is C13H16O5S. The Bertz CT molecular complexity index is 433. The predicted molar refractivity (Wildman–Crippen MR) is 72.9 cm³/mol. The minimum absolute atomic E-state index is 0.191. The normalized spacial score (nSPS) is 9.95. The fourth-order valence-electron chi connectivity index (χ4n) is 1.30. The second-order valence-corrected chi connectivity index (χ2v) is 4.64. The number of carbonyl (C=O) groups excluding carboxylic acids is 1. The molecule has 1 N–H and O–H groups in total. The molecule has 1 aromatic carbocycles. The van der Waals surface area contributed by atoms with Crippen LogP contribution in [-0.2, 0) is 9.53 Å². The summed E-state index contributed by atoms with van der Waals surface area (Å²) < 4.78 is 10.2. The van der Waals surface area contributed by atoms with Gasteiger partial charge in [0.2, 0.25) is 0 Å². The molecule has 6 heteroatoms. The molecule has 19 heavy (non-hydrogen) atoms. The number of rotatable bonds is 8. The lowest BCUT2D eigenvalue weighted by molar-refractivity contribution is -0.139. The average molecular weight is 284 g/mol. The first-order chi connectivity index (χ1) is 9.13. The molecule has 0 bridgehead atoms. The highest BCUT2D eigenvalue weighted by molar-refractivity contribution is 7.99. The van der Waals surface area contributed by atoms with E-state index in [0.29, 0.717) is 30.5 Å². The number of thioether (sulfide) groups is 1. The molecule has 0 aliphatic carbocycles. The van der Waals surface area contributed by atoms with Crippen LogP contribution in [0, 0.1) is 0 Å². The molecule has 1 aromatic rings. The third kappa shape index (κ3) is 6.15. The first-order valence-corrected chi connectivity index (χ1v) is 6.98. The zero-order valence-corrected chi connectivity index (χ0v) is 11.4. The van der Waals surface area contributed by atoms with E-state index in [1.54, 1.807) is 19.1 Å². The first kappa shape index (κ1) is 15.4. The van der Waals surface area contributed by atoms with Crippen LogP contribution >= 0.6 is 11.8 Å². The van der Waals surface area contributed by atoms with E-state index in [1.807, 2.05) is 0 Å². The number of carbonyl (C=O) groups is 2. The van der Waals surface area contributed by atoms with Crippen molar-refractivity contribution >= 4 is 23.7 Å². The Morgan fingerprint density at radius 1 is 1.37 bits per heavy atom. The quantitative estimate of drug-likeness (QED) is 0.582. The van der Waals surface area contributed by atoms with Crippen LogP contribution in [0.15, 0.2) is 24.3 Å². The SMILES string of the molecule is CCOC(=O)CSCCOc1cccc(C(=O)O)c1. The Hall–Kier alpha value is -1.69. The third-order valence-corrected chi connectivity index (χ3v) is 3.00. The molecule has 0 aliphatic rings. The molecular weight excluding hydrogens is 268 g/mol. The van der Waals surface area contributed by atoms with E-state index < -0.39 is 5.97 Å². The lowest BCUT2D eigenvalue weighted by Gasteiger charge is -2.06. The van der Waals surface area contributed by atoms with Gasteiger partial charge in [-0.3, -0.25) is 4.79 Å². The second kappa shape index (κ2) is 8.42. The molecule has 0 fully saturated rings. The molecule has 0 spiro atoms. The van der Waals surface area contributed by atoms with E-state index >= 15 is 0 Å². The maximum Gasteiger partial charge on any atom is 0.335 e. The molecule has 0 saturated carbocycles. The molecule has 0 aromatic heterocycles. The molecule has 5 nitrogen and oxygen atoms in total. The van der Waals surface area contributed by atoms with Gasteiger partial charge in [0.1, 0.15) is 5.75 Å². The highest BCUT2D eigenvalue weighted by Gasteiger charge is 2.04. The lowest BCUT2D eigenvalue weighted by Crippen LogP contribution is -2.09. The van der Waals surface area contributed by atoms with Gasteiger partial charge in [0.25, 0.3) is 0 Å². The molecule has 104 valence electrons. The van der Waals surface area contributed by atoms with Gasteiger partial charge < -0.3 is 14.6 Å². The van der Waals surface area contributed by atoms with Gasteiger partial charge in [-0.25, -0.2) is 4.79 Å². The van der Waals surface area contributed by atoms with Crippen molar-refractivity contribution in [2.45, 2.75) is 6.92 Å². The first-order valence-electron chi connectivity index (χ1n) is 5.83. The topological polar surface area (TPSA) is 72.8 Å². The van der Waals surface area contributed by atoms with Gasteiger partial charge in [0, 0.05) is 5.75 Å². The fourth-order valence-corrected chi connectivity index (χ4v) is 1.89. The molecule has 0 radical (unpaired) electrons. The number of benzene rings is 1. The third-order valence-electron chi connectivity index (χ3n) is 2.10. The number of hydrogen-bond donors (Lipinski definition) is 1. The van der Waals surface area contributed by atoms with E-state index in [0.717, 1.165) is 0 Å². The number of ether oxygens (including phenoxy) is 2. The van der Waals surface area contributed by atoms with Crippen molar-refractivity contribution in [2.24, 2.45) is 0 Å². The van der Waals surface area contributed by atoms with Crippen LogP contribution in [0.5, 0.6) is 5.75 Å². The van der Waals surface area contributed by atoms with Gasteiger partial charge in [0.05, 0.1) is 24.5 Å². The van der Waals surface area contributed by atoms with Crippen molar-refractivity contribution in [3.05, 3.63) is 29.8 Å². The van der Waals surface area contributed by atoms with Gasteiger partial charge in [0.15, 0.2) is 0 Å². The van der Waals surface area contributed by atoms with E-state index in [4.69, 9.17) is 14.6 Å². The van der Waals surface area contributed by atoms with Crippen molar-refractivity contribution < 1.29 is 24.2 Å².